The second kappa shape index (κ2) is 8.81. The summed E-state index contributed by atoms with van der Waals surface area (Å²) in [5, 5.41) is 4.82. The van der Waals surface area contributed by atoms with E-state index in [-0.39, 0.29) is 18.7 Å². The highest BCUT2D eigenvalue weighted by Gasteiger charge is 2.26. The first-order valence-electron chi connectivity index (χ1n) is 8.98. The van der Waals surface area contributed by atoms with Crippen LogP contribution < -0.4 is 5.32 Å². The molecule has 0 atom stereocenters. The topological polar surface area (TPSA) is 79.4 Å². The predicted molar refractivity (Wildman–Crippen MR) is 112 cm³/mol. The van der Waals surface area contributed by atoms with Crippen LogP contribution in [0, 0.1) is 5.82 Å². The summed E-state index contributed by atoms with van der Waals surface area (Å²) in [5.41, 5.74) is 1.67. The molecule has 0 radical (unpaired) electrons. The average Bonchev–Trinajstić information content (AvgIpc) is 3.18. The number of thiazole rings is 1. The molecule has 1 N–H and O–H groups in total. The van der Waals surface area contributed by atoms with Gasteiger partial charge >= 0.3 is 0 Å². The molecule has 0 saturated carbocycles. The number of amides is 1. The molecular formula is C20H20FN3O3S2. The lowest BCUT2D eigenvalue weighted by Gasteiger charge is -2.19. The minimum absolute atomic E-state index is 0.0357. The summed E-state index contributed by atoms with van der Waals surface area (Å²) in [4.78, 5) is 16.4. The van der Waals surface area contributed by atoms with Gasteiger partial charge in [0.25, 0.3) is 5.91 Å². The van der Waals surface area contributed by atoms with Crippen molar-refractivity contribution in [3.63, 3.8) is 0 Å². The second-order valence-corrected chi connectivity index (χ2v) is 8.86. The first-order valence-corrected chi connectivity index (χ1v) is 11.3. The van der Waals surface area contributed by atoms with Crippen LogP contribution in [0.3, 0.4) is 0 Å². The number of aromatic nitrogens is 1. The van der Waals surface area contributed by atoms with Crippen LogP contribution in [0.2, 0.25) is 0 Å². The molecule has 0 aliphatic carbocycles. The maximum absolute atomic E-state index is 14.2. The molecule has 0 bridgehead atoms. The summed E-state index contributed by atoms with van der Waals surface area (Å²) in [6.07, 6.45) is 0. The monoisotopic (exact) mass is 433 g/mol. The predicted octanol–water partition coefficient (Wildman–Crippen LogP) is 4.23. The van der Waals surface area contributed by atoms with Crippen LogP contribution in [-0.2, 0) is 10.0 Å². The third kappa shape index (κ3) is 4.52. The van der Waals surface area contributed by atoms with Crippen molar-refractivity contribution in [2.75, 3.05) is 18.4 Å². The van der Waals surface area contributed by atoms with Crippen molar-refractivity contribution in [2.24, 2.45) is 0 Å². The van der Waals surface area contributed by atoms with Crippen LogP contribution in [0.4, 0.5) is 9.52 Å². The van der Waals surface area contributed by atoms with Gasteiger partial charge in [-0.15, -0.1) is 11.3 Å². The second-order valence-electron chi connectivity index (χ2n) is 6.09. The van der Waals surface area contributed by atoms with Gasteiger partial charge in [0.1, 0.15) is 10.7 Å². The normalized spacial score (nSPS) is 11.6. The van der Waals surface area contributed by atoms with E-state index in [9.17, 15) is 17.6 Å². The fourth-order valence-corrected chi connectivity index (χ4v) is 5.05. The molecule has 152 valence electrons. The molecule has 0 spiro atoms. The number of hydrogen-bond acceptors (Lipinski definition) is 5. The van der Waals surface area contributed by atoms with Gasteiger partial charge in [0.2, 0.25) is 10.0 Å². The third-order valence-corrected chi connectivity index (χ3v) is 7.13. The number of carbonyl (C=O) groups excluding carboxylic acids is 1. The van der Waals surface area contributed by atoms with Gasteiger partial charge in [-0.1, -0.05) is 44.2 Å². The maximum Gasteiger partial charge on any atom is 0.257 e. The Labute approximate surface area is 173 Å². The fourth-order valence-electron chi connectivity index (χ4n) is 2.79. The van der Waals surface area contributed by atoms with Crippen LogP contribution >= 0.6 is 11.3 Å². The van der Waals surface area contributed by atoms with Gasteiger partial charge in [0.15, 0.2) is 5.13 Å². The van der Waals surface area contributed by atoms with Crippen LogP contribution in [0.25, 0.3) is 11.3 Å². The van der Waals surface area contributed by atoms with Crippen molar-refractivity contribution in [1.82, 2.24) is 9.29 Å². The van der Waals surface area contributed by atoms with Crippen molar-refractivity contribution >= 4 is 32.4 Å². The lowest BCUT2D eigenvalue weighted by Crippen LogP contribution is -2.31. The Morgan fingerprint density at radius 1 is 1.14 bits per heavy atom. The number of hydrogen-bond donors (Lipinski definition) is 1. The largest absolute Gasteiger partial charge is 0.298 e. The van der Waals surface area contributed by atoms with Crippen molar-refractivity contribution in [3.05, 3.63) is 65.3 Å². The van der Waals surface area contributed by atoms with Crippen molar-refractivity contribution < 1.29 is 17.6 Å². The van der Waals surface area contributed by atoms with Crippen LogP contribution in [0.15, 0.2) is 58.8 Å². The number of nitrogens with zero attached hydrogens (tertiary/aromatic N) is 2. The lowest BCUT2D eigenvalue weighted by molar-refractivity contribution is 0.102. The van der Waals surface area contributed by atoms with Gasteiger partial charge in [0, 0.05) is 29.6 Å². The Hall–Kier alpha value is -2.62. The summed E-state index contributed by atoms with van der Waals surface area (Å²) in [5.74, 6) is -1.45. The van der Waals surface area contributed by atoms with E-state index in [1.807, 2.05) is 35.7 Å². The molecule has 2 aromatic carbocycles. The van der Waals surface area contributed by atoms with E-state index in [2.05, 4.69) is 10.3 Å². The molecule has 29 heavy (non-hydrogen) atoms. The van der Waals surface area contributed by atoms with Crippen LogP contribution in [0.5, 0.6) is 0 Å². The zero-order chi connectivity index (χ0) is 21.0. The minimum Gasteiger partial charge on any atom is -0.298 e. The number of rotatable bonds is 7. The molecule has 3 rings (SSSR count). The highest BCUT2D eigenvalue weighted by molar-refractivity contribution is 7.89. The molecule has 0 aliphatic heterocycles. The Kier molecular flexibility index (Phi) is 6.41. The Balaban J connectivity index is 1.85. The summed E-state index contributed by atoms with van der Waals surface area (Å²) in [6, 6.07) is 12.8. The van der Waals surface area contributed by atoms with E-state index in [1.165, 1.54) is 17.4 Å². The zero-order valence-electron chi connectivity index (χ0n) is 15.9. The molecule has 1 aromatic heterocycles. The maximum atomic E-state index is 14.2. The molecule has 6 nitrogen and oxygen atoms in total. The molecule has 1 heterocycles. The van der Waals surface area contributed by atoms with Gasteiger partial charge < -0.3 is 0 Å². The van der Waals surface area contributed by atoms with Gasteiger partial charge in [-0.05, 0) is 18.2 Å². The number of benzene rings is 2. The third-order valence-electron chi connectivity index (χ3n) is 4.31. The Morgan fingerprint density at radius 2 is 1.83 bits per heavy atom. The molecular weight excluding hydrogens is 413 g/mol. The zero-order valence-corrected chi connectivity index (χ0v) is 17.6. The molecule has 0 aliphatic rings. The van der Waals surface area contributed by atoms with Crippen LogP contribution in [-0.4, -0.2) is 36.7 Å². The van der Waals surface area contributed by atoms with Crippen molar-refractivity contribution in [1.29, 1.82) is 0 Å². The number of sulfonamides is 1. The van der Waals surface area contributed by atoms with Crippen molar-refractivity contribution in [3.8, 4) is 11.3 Å². The van der Waals surface area contributed by atoms with E-state index < -0.39 is 26.6 Å². The summed E-state index contributed by atoms with van der Waals surface area (Å²) < 4.78 is 40.7. The van der Waals surface area contributed by atoms with Crippen LogP contribution in [0.1, 0.15) is 24.2 Å². The van der Waals surface area contributed by atoms with E-state index >= 15 is 0 Å². The highest BCUT2D eigenvalue weighted by Crippen LogP contribution is 2.26. The quantitative estimate of drug-likeness (QED) is 0.605. The summed E-state index contributed by atoms with van der Waals surface area (Å²) in [6.45, 7) is 3.75. The number of halogens is 1. The lowest BCUT2D eigenvalue weighted by atomic mass is 10.2. The first-order chi connectivity index (χ1) is 13.9. The molecule has 9 heteroatoms. The van der Waals surface area contributed by atoms with Crippen molar-refractivity contribution in [2.45, 2.75) is 18.7 Å². The number of nitrogens with one attached hydrogen (secondary N) is 1. The first kappa shape index (κ1) is 21.1. The van der Waals surface area contributed by atoms with Gasteiger partial charge in [-0.3, -0.25) is 10.1 Å². The Bertz CT molecular complexity index is 1110. The SMILES string of the molecule is CCN(CC)S(=O)(=O)c1cc(C(=O)Nc2nc(-c3ccccc3)cs2)ccc1F. The molecule has 0 fully saturated rings. The van der Waals surface area contributed by atoms with Gasteiger partial charge in [-0.25, -0.2) is 17.8 Å². The Morgan fingerprint density at radius 3 is 2.48 bits per heavy atom. The smallest absolute Gasteiger partial charge is 0.257 e. The average molecular weight is 434 g/mol. The number of carbonyl (C=O) groups is 1. The highest BCUT2D eigenvalue weighted by atomic mass is 32.2. The number of anilines is 1. The summed E-state index contributed by atoms with van der Waals surface area (Å²) in [7, 11) is -4.03. The summed E-state index contributed by atoms with van der Waals surface area (Å²) >= 11 is 1.25. The van der Waals surface area contributed by atoms with Gasteiger partial charge in [0.05, 0.1) is 5.69 Å². The molecule has 1 amide bonds. The molecule has 0 unspecified atom stereocenters. The standard InChI is InChI=1S/C20H20FN3O3S2/c1-3-24(4-2)29(26,27)18-12-15(10-11-16(18)21)19(25)23-20-22-17(13-28-20)14-8-6-5-7-9-14/h5-13H,3-4H2,1-2H3,(H,22,23,25). The minimum atomic E-state index is -4.03. The molecule has 3 aromatic rings. The van der Waals surface area contributed by atoms with E-state index in [0.29, 0.717) is 5.13 Å². The van der Waals surface area contributed by atoms with Gasteiger partial charge in [-0.2, -0.15) is 4.31 Å². The van der Waals surface area contributed by atoms with E-state index in [4.69, 9.17) is 0 Å². The van der Waals surface area contributed by atoms with E-state index in [0.717, 1.165) is 27.7 Å². The molecule has 0 saturated heterocycles. The van der Waals surface area contributed by atoms with E-state index in [1.54, 1.807) is 13.8 Å². The fraction of sp³-hybridized carbons (Fsp3) is 0.200.